The number of thiophene rings is 1. The molecule has 6 nitrogen and oxygen atoms in total. The zero-order valence-electron chi connectivity index (χ0n) is 12.6. The Bertz CT molecular complexity index is 563. The van der Waals surface area contributed by atoms with E-state index in [0.717, 1.165) is 30.7 Å². The van der Waals surface area contributed by atoms with E-state index < -0.39 is 10.0 Å². The predicted molar refractivity (Wildman–Crippen MR) is 104 cm³/mol. The Morgan fingerprint density at radius 1 is 1.27 bits per heavy atom. The van der Waals surface area contributed by atoms with Gasteiger partial charge in [-0.2, -0.15) is 0 Å². The van der Waals surface area contributed by atoms with Gasteiger partial charge in [-0.05, 0) is 18.6 Å². The summed E-state index contributed by atoms with van der Waals surface area (Å²) in [6, 6.07) is 3.06. The lowest BCUT2D eigenvalue weighted by molar-refractivity contribution is 0.582. The van der Waals surface area contributed by atoms with E-state index in [9.17, 15) is 8.42 Å². The fourth-order valence-corrected chi connectivity index (χ4v) is 4.04. The number of rotatable bonds is 8. The minimum atomic E-state index is -3.48. The third-order valence-corrected chi connectivity index (χ3v) is 5.75. The van der Waals surface area contributed by atoms with Crippen molar-refractivity contribution in [3.8, 4) is 0 Å². The van der Waals surface area contributed by atoms with Crippen molar-refractivity contribution in [3.05, 3.63) is 16.5 Å². The second kappa shape index (κ2) is 11.4. The van der Waals surface area contributed by atoms with Gasteiger partial charge in [0.25, 0.3) is 0 Å². The number of hydrogen-bond donors (Lipinski definition) is 3. The maximum absolute atomic E-state index is 11.9. The molecule has 1 rings (SSSR count). The molecule has 0 saturated carbocycles. The van der Waals surface area contributed by atoms with Crippen molar-refractivity contribution >= 4 is 62.9 Å². The van der Waals surface area contributed by atoms with Crippen LogP contribution in [0.1, 0.15) is 19.8 Å². The molecule has 0 radical (unpaired) electrons. The molecule has 0 aliphatic heterocycles. The molecule has 0 aromatic carbocycles. The maximum atomic E-state index is 11.9. The van der Waals surface area contributed by atoms with Crippen molar-refractivity contribution in [2.24, 2.45) is 4.99 Å². The lowest BCUT2D eigenvalue weighted by atomic mass is 10.3. The molecule has 22 heavy (non-hydrogen) atoms. The van der Waals surface area contributed by atoms with Crippen molar-refractivity contribution in [3.63, 3.8) is 0 Å². The molecule has 0 fully saturated rings. The third-order valence-electron chi connectivity index (χ3n) is 2.57. The second-order valence-electron chi connectivity index (χ2n) is 4.24. The van der Waals surface area contributed by atoms with Gasteiger partial charge in [-0.3, -0.25) is 4.99 Å². The Hall–Kier alpha value is -0.1000. The summed E-state index contributed by atoms with van der Waals surface area (Å²) in [5, 5.41) is 6.20. The Morgan fingerprint density at radius 2 is 1.95 bits per heavy atom. The summed E-state index contributed by atoms with van der Waals surface area (Å²) in [6.07, 6.45) is 2.17. The van der Waals surface area contributed by atoms with Crippen LogP contribution in [0.5, 0.6) is 0 Å². The van der Waals surface area contributed by atoms with Crippen LogP contribution in [-0.4, -0.2) is 41.1 Å². The highest BCUT2D eigenvalue weighted by Crippen LogP contribution is 2.24. The fraction of sp³-hybridized carbons (Fsp3) is 0.583. The van der Waals surface area contributed by atoms with E-state index in [0.29, 0.717) is 16.8 Å². The Labute approximate surface area is 158 Å². The predicted octanol–water partition coefficient (Wildman–Crippen LogP) is 2.26. The molecule has 0 bridgehead atoms. The number of guanidine groups is 1. The van der Waals surface area contributed by atoms with Gasteiger partial charge in [0.1, 0.15) is 4.21 Å². The van der Waals surface area contributed by atoms with E-state index in [1.807, 2.05) is 0 Å². The second-order valence-corrected chi connectivity index (χ2v) is 7.94. The number of nitrogens with zero attached hydrogens (tertiary/aromatic N) is 1. The quantitative estimate of drug-likeness (QED) is 0.231. The highest BCUT2D eigenvalue weighted by atomic mass is 127. The van der Waals surface area contributed by atoms with Crippen LogP contribution in [0, 0.1) is 0 Å². The summed E-state index contributed by atoms with van der Waals surface area (Å²) in [5.41, 5.74) is 0. The normalized spacial score (nSPS) is 11.9. The first kappa shape index (κ1) is 21.9. The standard InChI is InChI=1S/C12H21ClN4O2S2.HI/c1-3-4-7-15-12(14-2)16-8-9-17-21(18,19)11-6-5-10(13)20-11;/h5-6,17H,3-4,7-9H2,1-2H3,(H2,14,15,16);1H. The molecule has 0 unspecified atom stereocenters. The van der Waals surface area contributed by atoms with Gasteiger partial charge in [-0.25, -0.2) is 13.1 Å². The van der Waals surface area contributed by atoms with Crippen molar-refractivity contribution in [1.29, 1.82) is 0 Å². The zero-order chi connectivity index (χ0) is 15.7. The number of unbranched alkanes of at least 4 members (excludes halogenated alkanes) is 1. The van der Waals surface area contributed by atoms with Crippen molar-refractivity contribution < 1.29 is 8.42 Å². The smallest absolute Gasteiger partial charge is 0.250 e. The molecule has 10 heteroatoms. The van der Waals surface area contributed by atoms with Gasteiger partial charge in [0, 0.05) is 26.7 Å². The van der Waals surface area contributed by atoms with Crippen LogP contribution in [0.4, 0.5) is 0 Å². The van der Waals surface area contributed by atoms with Crippen molar-refractivity contribution in [2.45, 2.75) is 24.0 Å². The minimum absolute atomic E-state index is 0. The Balaban J connectivity index is 0.00000441. The van der Waals surface area contributed by atoms with Crippen LogP contribution < -0.4 is 15.4 Å². The van der Waals surface area contributed by atoms with Gasteiger partial charge in [-0.15, -0.1) is 35.3 Å². The first-order valence-electron chi connectivity index (χ1n) is 6.69. The van der Waals surface area contributed by atoms with E-state index in [4.69, 9.17) is 11.6 Å². The van der Waals surface area contributed by atoms with E-state index in [1.54, 1.807) is 13.1 Å². The fourth-order valence-electron chi connectivity index (χ4n) is 1.48. The van der Waals surface area contributed by atoms with Crippen LogP contribution in [0.3, 0.4) is 0 Å². The molecule has 0 saturated heterocycles. The van der Waals surface area contributed by atoms with Crippen LogP contribution in [0.15, 0.2) is 21.3 Å². The molecule has 1 heterocycles. The number of nitrogens with one attached hydrogen (secondary N) is 3. The van der Waals surface area contributed by atoms with Crippen LogP contribution >= 0.6 is 46.9 Å². The summed E-state index contributed by atoms with van der Waals surface area (Å²) in [4.78, 5) is 4.06. The first-order chi connectivity index (χ1) is 9.99. The highest BCUT2D eigenvalue weighted by Gasteiger charge is 2.15. The lowest BCUT2D eigenvalue weighted by Crippen LogP contribution is -2.41. The Kier molecular flexibility index (Phi) is 11.4. The Morgan fingerprint density at radius 3 is 2.50 bits per heavy atom. The van der Waals surface area contributed by atoms with E-state index in [1.165, 1.54) is 6.07 Å². The molecule has 1 aromatic rings. The number of halogens is 2. The summed E-state index contributed by atoms with van der Waals surface area (Å²) in [7, 11) is -1.80. The molecule has 128 valence electrons. The molecule has 0 amide bonds. The molecule has 3 N–H and O–H groups in total. The van der Waals surface area contributed by atoms with Crippen molar-refractivity contribution in [2.75, 3.05) is 26.7 Å². The van der Waals surface area contributed by atoms with E-state index in [-0.39, 0.29) is 34.7 Å². The van der Waals surface area contributed by atoms with Gasteiger partial charge in [-0.1, -0.05) is 24.9 Å². The summed E-state index contributed by atoms with van der Waals surface area (Å²) in [6.45, 7) is 3.68. The first-order valence-corrected chi connectivity index (χ1v) is 9.37. The summed E-state index contributed by atoms with van der Waals surface area (Å²) in [5.74, 6) is 0.668. The average Bonchev–Trinajstić information content (AvgIpc) is 2.89. The number of sulfonamides is 1. The van der Waals surface area contributed by atoms with Gasteiger partial charge in [0.2, 0.25) is 10.0 Å². The molecule has 0 aliphatic rings. The van der Waals surface area contributed by atoms with Crippen LogP contribution in [0.25, 0.3) is 0 Å². The van der Waals surface area contributed by atoms with E-state index in [2.05, 4.69) is 27.3 Å². The maximum Gasteiger partial charge on any atom is 0.250 e. The monoisotopic (exact) mass is 480 g/mol. The van der Waals surface area contributed by atoms with Gasteiger partial charge in [0.15, 0.2) is 5.96 Å². The zero-order valence-corrected chi connectivity index (χ0v) is 17.3. The molecule has 1 aromatic heterocycles. The van der Waals surface area contributed by atoms with E-state index >= 15 is 0 Å². The number of hydrogen-bond acceptors (Lipinski definition) is 4. The summed E-state index contributed by atoms with van der Waals surface area (Å²) >= 11 is 6.77. The lowest BCUT2D eigenvalue weighted by Gasteiger charge is -2.11. The minimum Gasteiger partial charge on any atom is -0.356 e. The molecule has 0 aliphatic carbocycles. The third kappa shape index (κ3) is 7.95. The largest absolute Gasteiger partial charge is 0.356 e. The van der Waals surface area contributed by atoms with Crippen LogP contribution in [0.2, 0.25) is 4.34 Å². The molecular weight excluding hydrogens is 459 g/mol. The number of aliphatic imine (C=N–C) groups is 1. The van der Waals surface area contributed by atoms with Gasteiger partial charge >= 0.3 is 0 Å². The highest BCUT2D eigenvalue weighted by molar-refractivity contribution is 14.0. The summed E-state index contributed by atoms with van der Waals surface area (Å²) < 4.78 is 27.1. The molecular formula is C12H22ClIN4O2S2. The SMILES string of the molecule is CCCCNC(=NC)NCCNS(=O)(=O)c1ccc(Cl)s1.I. The average molecular weight is 481 g/mol. The topological polar surface area (TPSA) is 82.6 Å². The molecule has 0 spiro atoms. The van der Waals surface area contributed by atoms with Crippen LogP contribution in [-0.2, 0) is 10.0 Å². The van der Waals surface area contributed by atoms with Crippen molar-refractivity contribution in [1.82, 2.24) is 15.4 Å². The van der Waals surface area contributed by atoms with Gasteiger partial charge < -0.3 is 10.6 Å². The van der Waals surface area contributed by atoms with Gasteiger partial charge in [0.05, 0.1) is 4.34 Å². The molecule has 0 atom stereocenters.